The van der Waals surface area contributed by atoms with Gasteiger partial charge < -0.3 is 63.8 Å². The second-order valence-corrected chi connectivity index (χ2v) is 14.0. The summed E-state index contributed by atoms with van der Waals surface area (Å²) in [7, 11) is 0. The van der Waals surface area contributed by atoms with Crippen molar-refractivity contribution in [1.82, 2.24) is 0 Å². The topological polar surface area (TPSA) is 235 Å². The van der Waals surface area contributed by atoms with Crippen LogP contribution in [0, 0.1) is 17.3 Å². The minimum atomic E-state index is -2.34. The van der Waals surface area contributed by atoms with E-state index < -0.39 is 91.6 Å². The molecule has 1 aromatic carbocycles. The van der Waals surface area contributed by atoms with Crippen LogP contribution >= 0.6 is 0 Å². The Bertz CT molecular complexity index is 1640. The maximum absolute atomic E-state index is 13.2. The highest BCUT2D eigenvalue weighted by Crippen LogP contribution is 2.51. The van der Waals surface area contributed by atoms with Gasteiger partial charge in [0, 0.05) is 29.9 Å². The molecule has 1 aromatic heterocycles. The van der Waals surface area contributed by atoms with Gasteiger partial charge in [-0.3, -0.25) is 4.79 Å². The van der Waals surface area contributed by atoms with Crippen molar-refractivity contribution in [2.45, 2.75) is 94.8 Å². The van der Waals surface area contributed by atoms with Crippen LogP contribution in [0.1, 0.15) is 40.0 Å². The van der Waals surface area contributed by atoms with Crippen molar-refractivity contribution in [3.63, 3.8) is 0 Å². The lowest BCUT2D eigenvalue weighted by Gasteiger charge is -2.47. The van der Waals surface area contributed by atoms with Crippen LogP contribution in [-0.2, 0) is 23.7 Å². The molecule has 7 N–H and O–H groups in total. The Labute approximate surface area is 294 Å². The number of benzene rings is 1. The molecule has 0 spiro atoms. The number of fused-ring (bicyclic) bond motifs is 1. The van der Waals surface area contributed by atoms with Crippen LogP contribution in [0.3, 0.4) is 0 Å². The van der Waals surface area contributed by atoms with E-state index in [-0.39, 0.29) is 24.9 Å². The maximum atomic E-state index is 13.2. The molecule has 3 aliphatic rings. The summed E-state index contributed by atoms with van der Waals surface area (Å²) in [4.78, 5) is 24.9. The largest absolute Gasteiger partial charge is 0.493 e. The first-order chi connectivity index (χ1) is 24.1. The van der Waals surface area contributed by atoms with Crippen LogP contribution in [0.25, 0.3) is 11.0 Å². The zero-order chi connectivity index (χ0) is 37.2. The van der Waals surface area contributed by atoms with Crippen LogP contribution in [0.4, 0.5) is 0 Å². The van der Waals surface area contributed by atoms with Crippen molar-refractivity contribution in [1.29, 1.82) is 0 Å². The molecule has 15 heteroatoms. The number of ether oxygens (including phenoxy) is 5. The van der Waals surface area contributed by atoms with Crippen molar-refractivity contribution in [3.05, 3.63) is 64.6 Å². The van der Waals surface area contributed by atoms with Gasteiger partial charge in [0.1, 0.15) is 67.3 Å². The Hall–Kier alpha value is -3.22. The minimum Gasteiger partial charge on any atom is -0.493 e. The van der Waals surface area contributed by atoms with Crippen LogP contribution in [0.15, 0.2) is 63.3 Å². The summed E-state index contributed by atoms with van der Waals surface area (Å²) < 4.78 is 33.5. The number of carbonyl (C=O) groups is 1. The van der Waals surface area contributed by atoms with Gasteiger partial charge in [-0.25, -0.2) is 4.79 Å². The van der Waals surface area contributed by atoms with Crippen LogP contribution in [0.2, 0.25) is 0 Å². The summed E-state index contributed by atoms with van der Waals surface area (Å²) in [6.07, 6.45) is -10.3. The second-order valence-electron chi connectivity index (χ2n) is 14.0. The summed E-state index contributed by atoms with van der Waals surface area (Å²) in [5.41, 5.74) is 1.47. The number of allylic oxidation sites excluding steroid dienone is 2. The Morgan fingerprint density at radius 3 is 2.39 bits per heavy atom. The third-order valence-corrected chi connectivity index (χ3v) is 10.6. The SMILES string of the molecule is C=C(C)[C@H]1CC=C(C)[C@H](COc2ccc3ccc(=O)oc3c2)[C@]1(C)CCC(=O)OC[C@@H]1O[C@H](O[C@]2(CO)O[C@H](CO)[C@H](O)[C@@H]2O)[C@@H](O)[C@H](O)[C@H]1O. The van der Waals surface area contributed by atoms with E-state index in [2.05, 4.69) is 19.6 Å². The first-order valence-corrected chi connectivity index (χ1v) is 16.9. The van der Waals surface area contributed by atoms with Gasteiger partial charge in [0.2, 0.25) is 5.79 Å². The number of carbonyl (C=O) groups excluding carboxylic acids is 1. The molecule has 1 aliphatic carbocycles. The quantitative estimate of drug-likeness (QED) is 0.0837. The molecule has 0 radical (unpaired) electrons. The van der Waals surface area contributed by atoms with E-state index in [4.69, 9.17) is 28.1 Å². The van der Waals surface area contributed by atoms with E-state index in [1.54, 1.807) is 24.3 Å². The third-order valence-electron chi connectivity index (χ3n) is 10.6. The molecule has 0 bridgehead atoms. The predicted octanol–water partition coefficient (Wildman–Crippen LogP) is 0.286. The maximum Gasteiger partial charge on any atom is 0.336 e. The summed E-state index contributed by atoms with van der Waals surface area (Å²) in [6.45, 7) is 8.22. The molecule has 2 saturated heterocycles. The first kappa shape index (κ1) is 39.0. The highest BCUT2D eigenvalue weighted by molar-refractivity contribution is 5.77. The highest BCUT2D eigenvalue weighted by Gasteiger charge is 2.58. The van der Waals surface area contributed by atoms with Gasteiger partial charge in [-0.2, -0.15) is 0 Å². The van der Waals surface area contributed by atoms with Gasteiger partial charge in [0.15, 0.2) is 6.29 Å². The molecule has 0 unspecified atom stereocenters. The van der Waals surface area contributed by atoms with Crippen molar-refractivity contribution >= 4 is 16.9 Å². The van der Waals surface area contributed by atoms with E-state index in [0.29, 0.717) is 17.8 Å². The Morgan fingerprint density at radius 1 is 1.00 bits per heavy atom. The van der Waals surface area contributed by atoms with Crippen molar-refractivity contribution in [2.75, 3.05) is 26.4 Å². The average molecular weight is 721 g/mol. The summed E-state index contributed by atoms with van der Waals surface area (Å²) >= 11 is 0. The Kier molecular flexibility index (Phi) is 12.1. The van der Waals surface area contributed by atoms with Gasteiger partial charge in [-0.15, -0.1) is 0 Å². The number of aliphatic hydroxyl groups excluding tert-OH is 7. The van der Waals surface area contributed by atoms with E-state index in [9.17, 15) is 45.3 Å². The van der Waals surface area contributed by atoms with Gasteiger partial charge in [-0.1, -0.05) is 30.7 Å². The summed E-state index contributed by atoms with van der Waals surface area (Å²) in [5, 5.41) is 72.5. The number of esters is 1. The van der Waals surface area contributed by atoms with E-state index in [1.165, 1.54) is 6.07 Å². The molecule has 282 valence electrons. The van der Waals surface area contributed by atoms with Crippen molar-refractivity contribution in [2.24, 2.45) is 17.3 Å². The highest BCUT2D eigenvalue weighted by atomic mass is 16.8. The molecule has 5 rings (SSSR count). The predicted molar refractivity (Wildman–Crippen MR) is 178 cm³/mol. The fourth-order valence-corrected chi connectivity index (χ4v) is 7.46. The summed E-state index contributed by atoms with van der Waals surface area (Å²) in [6, 6.07) is 8.29. The van der Waals surface area contributed by atoms with E-state index in [1.807, 2.05) is 13.8 Å². The average Bonchev–Trinajstić information content (AvgIpc) is 3.34. The van der Waals surface area contributed by atoms with Crippen LogP contribution in [-0.4, -0.2) is 123 Å². The Morgan fingerprint density at radius 2 is 1.73 bits per heavy atom. The first-order valence-electron chi connectivity index (χ1n) is 16.9. The van der Waals surface area contributed by atoms with Gasteiger partial charge in [0.25, 0.3) is 0 Å². The second kappa shape index (κ2) is 15.8. The van der Waals surface area contributed by atoms with Gasteiger partial charge >= 0.3 is 11.6 Å². The molecule has 51 heavy (non-hydrogen) atoms. The number of hydrogen-bond acceptors (Lipinski definition) is 15. The lowest BCUT2D eigenvalue weighted by Crippen LogP contribution is -2.62. The van der Waals surface area contributed by atoms with Crippen molar-refractivity contribution < 1.29 is 68.6 Å². The molecule has 15 nitrogen and oxygen atoms in total. The van der Waals surface area contributed by atoms with Crippen molar-refractivity contribution in [3.8, 4) is 5.75 Å². The Balaban J connectivity index is 1.23. The number of aliphatic hydroxyl groups is 7. The molecule has 12 atom stereocenters. The smallest absolute Gasteiger partial charge is 0.336 e. The lowest BCUT2D eigenvalue weighted by molar-refractivity contribution is -0.383. The van der Waals surface area contributed by atoms with E-state index in [0.717, 1.165) is 23.0 Å². The molecule has 0 saturated carbocycles. The molecular formula is C36H48O15. The fraction of sp³-hybridized carbons (Fsp3) is 0.611. The lowest BCUT2D eigenvalue weighted by atomic mass is 9.58. The molecule has 2 aliphatic heterocycles. The molecule has 0 amide bonds. The molecule has 3 heterocycles. The zero-order valence-electron chi connectivity index (χ0n) is 28.8. The summed E-state index contributed by atoms with van der Waals surface area (Å²) in [5.74, 6) is -2.57. The fourth-order valence-electron chi connectivity index (χ4n) is 7.46. The molecule has 2 fully saturated rings. The molecule has 2 aromatic rings. The third kappa shape index (κ3) is 7.93. The van der Waals surface area contributed by atoms with Crippen LogP contribution < -0.4 is 10.4 Å². The van der Waals surface area contributed by atoms with Gasteiger partial charge in [0.05, 0.1) is 13.2 Å². The monoisotopic (exact) mass is 720 g/mol. The normalized spacial score (nSPS) is 36.9. The van der Waals surface area contributed by atoms with Gasteiger partial charge in [-0.05, 0) is 56.2 Å². The number of hydrogen-bond donors (Lipinski definition) is 7. The van der Waals surface area contributed by atoms with Crippen LogP contribution in [0.5, 0.6) is 5.75 Å². The zero-order valence-corrected chi connectivity index (χ0v) is 28.8. The van der Waals surface area contributed by atoms with E-state index >= 15 is 0 Å². The standard InChI is InChI=1S/C36H48O15/c1-18(2)22-9-5-19(3)23(15-46-21-8-6-20-7-10-28(40)48-24(20)13-21)35(22,4)12-11-27(39)47-16-26-29(41)31(43)32(44)34(49-26)51-36(17-38)33(45)30(42)25(14-37)50-36/h5-8,10,13,22-23,25-26,29-34,37-38,41-45H,1,9,11-12,14-17H2,2-4H3/t22-,23+,25-,26+,29+,30+,31-,32+,33+,34-,35-,36+/m1/s1. The minimum absolute atomic E-state index is 0.00576. The number of rotatable bonds is 13. The molecular weight excluding hydrogens is 672 g/mol.